The highest BCUT2D eigenvalue weighted by atomic mass is 16.7. The predicted octanol–water partition coefficient (Wildman–Crippen LogP) is 8.77. The van der Waals surface area contributed by atoms with Crippen LogP contribution in [0.3, 0.4) is 0 Å². The molecule has 2 aliphatic heterocycles. The molecule has 0 aromatic carbocycles. The van der Waals surface area contributed by atoms with Gasteiger partial charge in [-0.05, 0) is 83.5 Å². The molecule has 2 heterocycles. The minimum absolute atomic E-state index is 0.258. The lowest BCUT2D eigenvalue weighted by atomic mass is 9.97. The summed E-state index contributed by atoms with van der Waals surface area (Å²) in [6.07, 6.45) is 39.3. The van der Waals surface area contributed by atoms with E-state index in [1.807, 2.05) is 6.08 Å². The topological polar surface area (TPSA) is 228 Å². The van der Waals surface area contributed by atoms with Crippen LogP contribution in [0.15, 0.2) is 72.9 Å². The van der Waals surface area contributed by atoms with Gasteiger partial charge in [0.05, 0.1) is 32.0 Å². The number of carbonyl (C=O) groups excluding carboxylic acids is 1. The molecule has 0 aliphatic carbocycles. The highest BCUT2D eigenvalue weighted by Gasteiger charge is 2.51. The van der Waals surface area contributed by atoms with Gasteiger partial charge in [-0.2, -0.15) is 0 Å². The Hall–Kier alpha value is -2.57. The maximum absolute atomic E-state index is 13.2. The molecule has 0 bridgehead atoms. The van der Waals surface area contributed by atoms with Crippen LogP contribution in [-0.4, -0.2) is 140 Å². The summed E-state index contributed by atoms with van der Waals surface area (Å²) in [6.45, 7) is 2.72. The van der Waals surface area contributed by atoms with Gasteiger partial charge in [0.1, 0.15) is 48.8 Å². The summed E-state index contributed by atoms with van der Waals surface area (Å²) in [7, 11) is 0. The first kappa shape index (κ1) is 65.5. The fourth-order valence-corrected chi connectivity index (χ4v) is 8.74. The summed E-state index contributed by atoms with van der Waals surface area (Å²) in [6, 6.07) is -0.945. The third-order valence-corrected chi connectivity index (χ3v) is 13.3. The standard InChI is InChI=1S/C58H101NO13/c1-3-5-7-9-11-13-15-17-19-20-21-22-23-24-25-26-28-30-32-34-36-38-40-42-50(63)59-46(47(62)41-39-37-35-33-31-29-27-18-16-14-12-10-8-6-4-2)45-69-57-55(68)53(66)56(49(44-61)71-57)72-58-54(67)52(65)51(64)48(43-60)70-58/h15-18,20-21,23-24,31,33,39,41,46-49,51-58,60-62,64-68H,3-14,19,22,25-30,32,34-38,40,42-45H2,1-2H3,(H,59,63)/b17-15-,18-16+,21-20-,24-23-,33-31+,41-39+. The zero-order valence-electron chi connectivity index (χ0n) is 44.4. The SMILES string of the molecule is CCCCCCC/C=C\C/C=C\C/C=C\CCCCCCCCCCC(=O)NC(COC1OC(CO)C(OC2OC(CO)C(O)C(O)C2O)C(O)C1O)C(O)/C=C/CC/C=C/CC/C=C/CCCCCCC. The summed E-state index contributed by atoms with van der Waals surface area (Å²) in [5.74, 6) is -0.264. The lowest BCUT2D eigenvalue weighted by molar-refractivity contribution is -0.359. The highest BCUT2D eigenvalue weighted by molar-refractivity contribution is 5.76. The van der Waals surface area contributed by atoms with Gasteiger partial charge in [0, 0.05) is 6.42 Å². The van der Waals surface area contributed by atoms with Crippen LogP contribution < -0.4 is 5.32 Å². The molecule has 0 radical (unpaired) electrons. The van der Waals surface area contributed by atoms with E-state index < -0.39 is 86.8 Å². The Morgan fingerprint density at radius 1 is 0.500 bits per heavy atom. The molecule has 0 aromatic heterocycles. The number of amides is 1. The molecular formula is C58H101NO13. The third-order valence-electron chi connectivity index (χ3n) is 13.3. The minimum Gasteiger partial charge on any atom is -0.394 e. The van der Waals surface area contributed by atoms with E-state index in [0.29, 0.717) is 12.8 Å². The van der Waals surface area contributed by atoms with Crippen molar-refractivity contribution in [3.63, 3.8) is 0 Å². The van der Waals surface area contributed by atoms with E-state index in [2.05, 4.69) is 79.9 Å². The van der Waals surface area contributed by atoms with E-state index in [1.54, 1.807) is 6.08 Å². The van der Waals surface area contributed by atoms with Crippen molar-refractivity contribution in [2.75, 3.05) is 19.8 Å². The Bertz CT molecular complexity index is 1480. The first-order valence-corrected chi connectivity index (χ1v) is 28.2. The number of unbranched alkanes of at least 4 members (excludes halogenated alkanes) is 20. The molecule has 12 unspecified atom stereocenters. The van der Waals surface area contributed by atoms with Crippen molar-refractivity contribution in [2.24, 2.45) is 0 Å². The van der Waals surface area contributed by atoms with Gasteiger partial charge in [-0.15, -0.1) is 0 Å². The van der Waals surface area contributed by atoms with Crippen LogP contribution in [0.2, 0.25) is 0 Å². The third kappa shape index (κ3) is 29.5. The molecule has 2 aliphatic rings. The molecule has 0 spiro atoms. The van der Waals surface area contributed by atoms with Gasteiger partial charge in [-0.3, -0.25) is 4.79 Å². The fourth-order valence-electron chi connectivity index (χ4n) is 8.74. The van der Waals surface area contributed by atoms with Gasteiger partial charge in [0.25, 0.3) is 0 Å². The predicted molar refractivity (Wildman–Crippen MR) is 286 cm³/mol. The van der Waals surface area contributed by atoms with Crippen LogP contribution in [0, 0.1) is 0 Å². The van der Waals surface area contributed by atoms with E-state index in [0.717, 1.165) is 70.6 Å². The maximum Gasteiger partial charge on any atom is 0.220 e. The molecule has 2 fully saturated rings. The van der Waals surface area contributed by atoms with Crippen molar-refractivity contribution in [3.8, 4) is 0 Å². The fraction of sp³-hybridized carbons (Fsp3) is 0.776. The smallest absolute Gasteiger partial charge is 0.220 e. The van der Waals surface area contributed by atoms with Crippen LogP contribution in [-0.2, 0) is 23.7 Å². The summed E-state index contributed by atoms with van der Waals surface area (Å²) in [4.78, 5) is 13.2. The van der Waals surface area contributed by atoms with Crippen molar-refractivity contribution < 1.29 is 64.6 Å². The average Bonchev–Trinajstić information content (AvgIpc) is 3.38. The van der Waals surface area contributed by atoms with Gasteiger partial charge in [0.2, 0.25) is 5.91 Å². The second-order valence-electron chi connectivity index (χ2n) is 19.7. The number of aliphatic hydroxyl groups is 8. The lowest BCUT2D eigenvalue weighted by Gasteiger charge is -2.46. The number of aliphatic hydroxyl groups excluding tert-OH is 8. The highest BCUT2D eigenvalue weighted by Crippen LogP contribution is 2.30. The number of allylic oxidation sites excluding steroid dienone is 11. The van der Waals surface area contributed by atoms with Crippen molar-refractivity contribution >= 4 is 5.91 Å². The largest absolute Gasteiger partial charge is 0.394 e. The van der Waals surface area contributed by atoms with Crippen LogP contribution in [0.25, 0.3) is 0 Å². The van der Waals surface area contributed by atoms with Gasteiger partial charge in [0.15, 0.2) is 12.6 Å². The summed E-state index contributed by atoms with van der Waals surface area (Å²) in [5, 5.41) is 86.9. The monoisotopic (exact) mass is 1020 g/mol. The molecule has 2 saturated heterocycles. The molecule has 9 N–H and O–H groups in total. The van der Waals surface area contributed by atoms with E-state index in [4.69, 9.17) is 18.9 Å². The van der Waals surface area contributed by atoms with E-state index in [1.165, 1.54) is 89.9 Å². The maximum atomic E-state index is 13.2. The molecule has 14 nitrogen and oxygen atoms in total. The molecular weight excluding hydrogens is 919 g/mol. The molecule has 12 atom stereocenters. The Balaban J connectivity index is 1.81. The zero-order chi connectivity index (χ0) is 52.4. The second-order valence-corrected chi connectivity index (χ2v) is 19.7. The van der Waals surface area contributed by atoms with E-state index >= 15 is 0 Å². The number of carbonyl (C=O) groups is 1. The molecule has 416 valence electrons. The van der Waals surface area contributed by atoms with Crippen LogP contribution in [0.1, 0.15) is 194 Å². The van der Waals surface area contributed by atoms with Crippen molar-refractivity contribution in [2.45, 2.75) is 267 Å². The van der Waals surface area contributed by atoms with E-state index in [-0.39, 0.29) is 18.9 Å². The quantitative estimate of drug-likeness (QED) is 0.0206. The van der Waals surface area contributed by atoms with Gasteiger partial charge in [-0.1, -0.05) is 177 Å². The first-order chi connectivity index (χ1) is 35.1. The van der Waals surface area contributed by atoms with Crippen molar-refractivity contribution in [1.82, 2.24) is 5.32 Å². The summed E-state index contributed by atoms with van der Waals surface area (Å²) < 4.78 is 22.7. The molecule has 14 heteroatoms. The Kier molecular flexibility index (Phi) is 39.7. The number of rotatable bonds is 43. The van der Waals surface area contributed by atoms with Crippen LogP contribution >= 0.6 is 0 Å². The van der Waals surface area contributed by atoms with E-state index in [9.17, 15) is 45.6 Å². The van der Waals surface area contributed by atoms with Crippen LogP contribution in [0.5, 0.6) is 0 Å². The zero-order valence-corrected chi connectivity index (χ0v) is 44.4. The molecule has 1 amide bonds. The Morgan fingerprint density at radius 2 is 0.931 bits per heavy atom. The number of nitrogens with one attached hydrogen (secondary N) is 1. The molecule has 72 heavy (non-hydrogen) atoms. The van der Waals surface area contributed by atoms with Crippen molar-refractivity contribution in [3.05, 3.63) is 72.9 Å². The number of hydrogen-bond donors (Lipinski definition) is 9. The normalized spacial score (nSPS) is 26.1. The lowest BCUT2D eigenvalue weighted by Crippen LogP contribution is -2.65. The Morgan fingerprint density at radius 3 is 1.46 bits per heavy atom. The Labute approximate surface area is 434 Å². The average molecular weight is 1020 g/mol. The van der Waals surface area contributed by atoms with Gasteiger partial charge < -0.3 is 65.1 Å². The molecule has 0 saturated carbocycles. The molecule has 2 rings (SSSR count). The summed E-state index contributed by atoms with van der Waals surface area (Å²) >= 11 is 0. The molecule has 0 aromatic rings. The minimum atomic E-state index is -1.80. The number of ether oxygens (including phenoxy) is 4. The number of hydrogen-bond acceptors (Lipinski definition) is 13. The first-order valence-electron chi connectivity index (χ1n) is 28.2. The van der Waals surface area contributed by atoms with Crippen molar-refractivity contribution in [1.29, 1.82) is 0 Å². The van der Waals surface area contributed by atoms with Crippen LogP contribution in [0.4, 0.5) is 0 Å². The van der Waals surface area contributed by atoms with Gasteiger partial charge >= 0.3 is 0 Å². The van der Waals surface area contributed by atoms with Gasteiger partial charge in [-0.25, -0.2) is 0 Å². The summed E-state index contributed by atoms with van der Waals surface area (Å²) in [5.41, 5.74) is 0. The second kappa shape index (κ2) is 43.6.